The van der Waals surface area contributed by atoms with E-state index < -0.39 is 0 Å². The third-order valence-corrected chi connectivity index (χ3v) is 4.68. The summed E-state index contributed by atoms with van der Waals surface area (Å²) < 4.78 is 0. The molecule has 5 nitrogen and oxygen atoms in total. The van der Waals surface area contributed by atoms with E-state index in [9.17, 15) is 9.59 Å². The van der Waals surface area contributed by atoms with Gasteiger partial charge in [0.2, 0.25) is 5.91 Å². The molecule has 140 valence electrons. The van der Waals surface area contributed by atoms with Crippen molar-refractivity contribution in [1.82, 2.24) is 15.5 Å². The zero-order chi connectivity index (χ0) is 19.1. The maximum absolute atomic E-state index is 12.3. The number of hydrogen-bond donors (Lipinski definition) is 2. The maximum atomic E-state index is 12.3. The standard InChI is InChI=1S/C22H25N3O2/c1-17-7-9-18(10-8-17)15-23-22(27)24-16-21(26)25-13-11-20(12-14-25)19-5-3-2-4-6-19/h2-11H,12-16H2,1H3,(H2,23,24,27). The first-order valence-electron chi connectivity index (χ1n) is 9.21. The number of benzene rings is 2. The molecule has 0 saturated heterocycles. The molecule has 0 atom stereocenters. The van der Waals surface area contributed by atoms with Gasteiger partial charge < -0.3 is 15.5 Å². The molecule has 0 bridgehead atoms. The van der Waals surface area contributed by atoms with Gasteiger partial charge in [0, 0.05) is 19.6 Å². The highest BCUT2D eigenvalue weighted by atomic mass is 16.2. The van der Waals surface area contributed by atoms with Crippen molar-refractivity contribution in [1.29, 1.82) is 0 Å². The fourth-order valence-electron chi connectivity index (χ4n) is 3.03. The summed E-state index contributed by atoms with van der Waals surface area (Å²) in [5, 5.41) is 5.41. The van der Waals surface area contributed by atoms with Gasteiger partial charge in [-0.25, -0.2) is 4.79 Å². The smallest absolute Gasteiger partial charge is 0.315 e. The number of amides is 3. The first-order chi connectivity index (χ1) is 13.1. The second-order valence-corrected chi connectivity index (χ2v) is 6.71. The van der Waals surface area contributed by atoms with Gasteiger partial charge in [0.05, 0.1) is 6.54 Å². The summed E-state index contributed by atoms with van der Waals surface area (Å²) in [5.41, 5.74) is 4.68. The van der Waals surface area contributed by atoms with Crippen LogP contribution in [0.5, 0.6) is 0 Å². The van der Waals surface area contributed by atoms with E-state index >= 15 is 0 Å². The quantitative estimate of drug-likeness (QED) is 0.857. The van der Waals surface area contributed by atoms with E-state index in [4.69, 9.17) is 0 Å². The summed E-state index contributed by atoms with van der Waals surface area (Å²) in [5.74, 6) is -0.0659. The first-order valence-corrected chi connectivity index (χ1v) is 9.21. The molecule has 0 spiro atoms. The van der Waals surface area contributed by atoms with Crippen LogP contribution in [0.3, 0.4) is 0 Å². The maximum Gasteiger partial charge on any atom is 0.315 e. The number of urea groups is 1. The van der Waals surface area contributed by atoms with Gasteiger partial charge in [-0.15, -0.1) is 0 Å². The van der Waals surface area contributed by atoms with Crippen LogP contribution in [0.2, 0.25) is 0 Å². The number of carbonyl (C=O) groups excluding carboxylic acids is 2. The van der Waals surface area contributed by atoms with E-state index in [1.54, 1.807) is 4.90 Å². The van der Waals surface area contributed by atoms with Crippen molar-refractivity contribution in [3.63, 3.8) is 0 Å². The lowest BCUT2D eigenvalue weighted by Crippen LogP contribution is -2.44. The Hall–Kier alpha value is -3.08. The fourth-order valence-corrected chi connectivity index (χ4v) is 3.03. The topological polar surface area (TPSA) is 61.4 Å². The first kappa shape index (κ1) is 18.7. The van der Waals surface area contributed by atoms with Crippen LogP contribution in [0.25, 0.3) is 5.57 Å². The molecule has 0 unspecified atom stereocenters. The number of hydrogen-bond acceptors (Lipinski definition) is 2. The van der Waals surface area contributed by atoms with E-state index in [2.05, 4.69) is 28.8 Å². The van der Waals surface area contributed by atoms with Crippen molar-refractivity contribution in [3.05, 3.63) is 77.4 Å². The van der Waals surface area contributed by atoms with Gasteiger partial charge >= 0.3 is 6.03 Å². The largest absolute Gasteiger partial charge is 0.337 e. The molecule has 2 N–H and O–H groups in total. The van der Waals surface area contributed by atoms with E-state index in [1.807, 2.05) is 49.4 Å². The summed E-state index contributed by atoms with van der Waals surface area (Å²) in [4.78, 5) is 26.0. The second kappa shape index (κ2) is 9.03. The van der Waals surface area contributed by atoms with Crippen molar-refractivity contribution < 1.29 is 9.59 Å². The van der Waals surface area contributed by atoms with Crippen LogP contribution >= 0.6 is 0 Å². The highest BCUT2D eigenvalue weighted by molar-refractivity contribution is 5.84. The lowest BCUT2D eigenvalue weighted by atomic mass is 9.99. The van der Waals surface area contributed by atoms with Crippen LogP contribution in [0.1, 0.15) is 23.1 Å². The molecule has 0 aromatic heterocycles. The second-order valence-electron chi connectivity index (χ2n) is 6.71. The summed E-state index contributed by atoms with van der Waals surface area (Å²) in [6.07, 6.45) is 2.92. The summed E-state index contributed by atoms with van der Waals surface area (Å²) in [6, 6.07) is 17.8. The Kier molecular flexibility index (Phi) is 6.26. The minimum atomic E-state index is -0.332. The molecule has 2 aromatic carbocycles. The Bertz CT molecular complexity index is 813. The minimum absolute atomic E-state index is 0.00818. The van der Waals surface area contributed by atoms with Gasteiger partial charge in [-0.2, -0.15) is 0 Å². The number of carbonyl (C=O) groups is 2. The highest BCUT2D eigenvalue weighted by Crippen LogP contribution is 2.21. The number of nitrogens with zero attached hydrogens (tertiary/aromatic N) is 1. The summed E-state index contributed by atoms with van der Waals surface area (Å²) in [6.45, 7) is 3.72. The van der Waals surface area contributed by atoms with E-state index in [0.717, 1.165) is 12.0 Å². The molecule has 1 heterocycles. The predicted molar refractivity (Wildman–Crippen MR) is 107 cm³/mol. The van der Waals surface area contributed by atoms with Crippen molar-refractivity contribution >= 4 is 17.5 Å². The Morgan fingerprint density at radius 2 is 1.74 bits per heavy atom. The summed E-state index contributed by atoms with van der Waals surface area (Å²) >= 11 is 0. The Morgan fingerprint density at radius 3 is 2.41 bits per heavy atom. The van der Waals surface area contributed by atoms with Gasteiger partial charge in [0.25, 0.3) is 0 Å². The van der Waals surface area contributed by atoms with E-state index in [-0.39, 0.29) is 18.5 Å². The zero-order valence-corrected chi connectivity index (χ0v) is 15.6. The molecule has 0 radical (unpaired) electrons. The predicted octanol–water partition coefficient (Wildman–Crippen LogP) is 3.11. The Labute approximate surface area is 160 Å². The van der Waals surface area contributed by atoms with Gasteiger partial charge in [0.15, 0.2) is 0 Å². The summed E-state index contributed by atoms with van der Waals surface area (Å²) in [7, 11) is 0. The normalized spacial score (nSPS) is 13.7. The van der Waals surface area contributed by atoms with Crippen LogP contribution in [0.15, 0.2) is 60.7 Å². The molecule has 0 aliphatic carbocycles. The molecule has 5 heteroatoms. The molecule has 27 heavy (non-hydrogen) atoms. The molecule has 3 amide bonds. The molecule has 3 rings (SSSR count). The average Bonchev–Trinajstić information content (AvgIpc) is 2.72. The lowest BCUT2D eigenvalue weighted by molar-refractivity contribution is -0.129. The van der Waals surface area contributed by atoms with Crippen LogP contribution in [0.4, 0.5) is 4.79 Å². The van der Waals surface area contributed by atoms with Crippen LogP contribution < -0.4 is 10.6 Å². The number of rotatable bonds is 5. The molecule has 1 aliphatic heterocycles. The zero-order valence-electron chi connectivity index (χ0n) is 15.6. The van der Waals surface area contributed by atoms with Crippen LogP contribution in [-0.4, -0.2) is 36.5 Å². The van der Waals surface area contributed by atoms with Gasteiger partial charge in [-0.05, 0) is 30.0 Å². The molecule has 0 fully saturated rings. The fraction of sp³-hybridized carbons (Fsp3) is 0.273. The minimum Gasteiger partial charge on any atom is -0.337 e. The molecular formula is C22H25N3O2. The van der Waals surface area contributed by atoms with Crippen molar-refractivity contribution in [2.24, 2.45) is 0 Å². The molecular weight excluding hydrogens is 338 g/mol. The van der Waals surface area contributed by atoms with E-state index in [1.165, 1.54) is 16.7 Å². The lowest BCUT2D eigenvalue weighted by Gasteiger charge is -2.26. The third kappa shape index (κ3) is 5.45. The average molecular weight is 363 g/mol. The van der Waals surface area contributed by atoms with Crippen molar-refractivity contribution in [2.75, 3.05) is 19.6 Å². The SMILES string of the molecule is Cc1ccc(CNC(=O)NCC(=O)N2CC=C(c3ccccc3)CC2)cc1. The molecule has 1 aliphatic rings. The van der Waals surface area contributed by atoms with Crippen LogP contribution in [-0.2, 0) is 11.3 Å². The Balaban J connectivity index is 1.41. The highest BCUT2D eigenvalue weighted by Gasteiger charge is 2.18. The number of aryl methyl sites for hydroxylation is 1. The van der Waals surface area contributed by atoms with Crippen molar-refractivity contribution in [2.45, 2.75) is 19.9 Å². The van der Waals surface area contributed by atoms with Gasteiger partial charge in [-0.1, -0.05) is 66.2 Å². The van der Waals surface area contributed by atoms with Crippen LogP contribution in [0, 0.1) is 6.92 Å². The van der Waals surface area contributed by atoms with Gasteiger partial charge in [0.1, 0.15) is 0 Å². The van der Waals surface area contributed by atoms with E-state index in [0.29, 0.717) is 19.6 Å². The van der Waals surface area contributed by atoms with Crippen molar-refractivity contribution in [3.8, 4) is 0 Å². The molecule has 0 saturated carbocycles. The van der Waals surface area contributed by atoms with Gasteiger partial charge in [-0.3, -0.25) is 4.79 Å². The third-order valence-electron chi connectivity index (χ3n) is 4.68. The molecule has 2 aromatic rings. The Morgan fingerprint density at radius 1 is 1.00 bits per heavy atom. The number of nitrogens with one attached hydrogen (secondary N) is 2. The monoisotopic (exact) mass is 363 g/mol.